The van der Waals surface area contributed by atoms with Crippen molar-refractivity contribution < 1.29 is 14.5 Å². The van der Waals surface area contributed by atoms with Gasteiger partial charge in [0.15, 0.2) is 5.13 Å². The molecule has 1 atom stereocenters. The van der Waals surface area contributed by atoms with Crippen LogP contribution in [-0.4, -0.2) is 28.3 Å². The highest BCUT2D eigenvalue weighted by molar-refractivity contribution is 7.22. The zero-order valence-corrected chi connectivity index (χ0v) is 15.7. The van der Waals surface area contributed by atoms with Crippen molar-refractivity contribution in [3.63, 3.8) is 0 Å². The second-order valence-corrected chi connectivity index (χ2v) is 7.69. The molecule has 3 aromatic rings. The molecule has 2 heterocycles. The highest BCUT2D eigenvalue weighted by atomic mass is 32.1. The lowest BCUT2D eigenvalue weighted by Crippen LogP contribution is -2.28. The molecule has 28 heavy (non-hydrogen) atoms. The summed E-state index contributed by atoms with van der Waals surface area (Å²) in [6.45, 7) is 2.28. The number of nitro benzene ring substituents is 1. The molecule has 1 N–H and O–H groups in total. The molecule has 0 aliphatic carbocycles. The SMILES string of the molecule is Cc1ccc(N2CC(C(=O)Nc3nc4ccc([N+](=O)[O-])cc4s3)CC2=O)cc1. The van der Waals surface area contributed by atoms with E-state index < -0.39 is 10.8 Å². The van der Waals surface area contributed by atoms with Crippen molar-refractivity contribution in [1.82, 2.24) is 4.98 Å². The first-order valence-electron chi connectivity index (χ1n) is 8.63. The Labute approximate surface area is 163 Å². The van der Waals surface area contributed by atoms with Crippen LogP contribution in [0.5, 0.6) is 0 Å². The number of hydrogen-bond donors (Lipinski definition) is 1. The fraction of sp³-hybridized carbons (Fsp3) is 0.211. The largest absolute Gasteiger partial charge is 0.312 e. The predicted octanol–water partition coefficient (Wildman–Crippen LogP) is 3.50. The number of thiazole rings is 1. The minimum Gasteiger partial charge on any atom is -0.312 e. The third kappa shape index (κ3) is 3.44. The van der Waals surface area contributed by atoms with Crippen LogP contribution in [0.15, 0.2) is 42.5 Å². The second-order valence-electron chi connectivity index (χ2n) is 6.66. The molecule has 1 aliphatic heterocycles. The van der Waals surface area contributed by atoms with E-state index >= 15 is 0 Å². The van der Waals surface area contributed by atoms with Gasteiger partial charge in [-0.3, -0.25) is 19.7 Å². The molecule has 142 valence electrons. The Hall–Kier alpha value is -3.33. The number of anilines is 2. The number of nitro groups is 1. The molecule has 1 unspecified atom stereocenters. The van der Waals surface area contributed by atoms with E-state index in [0.29, 0.717) is 21.9 Å². The quantitative estimate of drug-likeness (QED) is 0.537. The van der Waals surface area contributed by atoms with Crippen molar-refractivity contribution in [3.05, 3.63) is 58.1 Å². The highest BCUT2D eigenvalue weighted by Gasteiger charge is 2.35. The van der Waals surface area contributed by atoms with Crippen molar-refractivity contribution in [2.24, 2.45) is 5.92 Å². The number of aryl methyl sites for hydroxylation is 1. The molecule has 1 aliphatic rings. The fourth-order valence-electron chi connectivity index (χ4n) is 3.15. The van der Waals surface area contributed by atoms with Crippen LogP contribution in [0.4, 0.5) is 16.5 Å². The summed E-state index contributed by atoms with van der Waals surface area (Å²) in [5.74, 6) is -0.851. The molecule has 0 saturated carbocycles. The first-order chi connectivity index (χ1) is 13.4. The lowest BCUT2D eigenvalue weighted by Gasteiger charge is -2.16. The lowest BCUT2D eigenvalue weighted by molar-refractivity contribution is -0.384. The van der Waals surface area contributed by atoms with Crippen LogP contribution in [0.3, 0.4) is 0 Å². The molecule has 0 radical (unpaired) electrons. The van der Waals surface area contributed by atoms with E-state index in [9.17, 15) is 19.7 Å². The van der Waals surface area contributed by atoms with Crippen LogP contribution < -0.4 is 10.2 Å². The number of rotatable bonds is 4. The van der Waals surface area contributed by atoms with Gasteiger partial charge in [0.2, 0.25) is 11.8 Å². The molecular formula is C19H16N4O4S. The summed E-state index contributed by atoms with van der Waals surface area (Å²) in [7, 11) is 0. The predicted molar refractivity (Wildman–Crippen MR) is 107 cm³/mol. The van der Waals surface area contributed by atoms with Gasteiger partial charge in [0, 0.05) is 30.8 Å². The summed E-state index contributed by atoms with van der Waals surface area (Å²) in [4.78, 5) is 41.3. The summed E-state index contributed by atoms with van der Waals surface area (Å²) >= 11 is 1.17. The number of carbonyl (C=O) groups is 2. The maximum absolute atomic E-state index is 12.6. The molecule has 0 spiro atoms. The number of hydrogen-bond acceptors (Lipinski definition) is 6. The van der Waals surface area contributed by atoms with Crippen molar-refractivity contribution in [2.45, 2.75) is 13.3 Å². The molecule has 1 fully saturated rings. The molecule has 1 saturated heterocycles. The van der Waals surface area contributed by atoms with Gasteiger partial charge in [-0.1, -0.05) is 29.0 Å². The van der Waals surface area contributed by atoms with Gasteiger partial charge in [0.25, 0.3) is 5.69 Å². The Kier molecular flexibility index (Phi) is 4.52. The van der Waals surface area contributed by atoms with Crippen molar-refractivity contribution in [2.75, 3.05) is 16.8 Å². The van der Waals surface area contributed by atoms with Gasteiger partial charge in [-0.15, -0.1) is 0 Å². The third-order valence-corrected chi connectivity index (χ3v) is 5.59. The number of nitrogens with one attached hydrogen (secondary N) is 1. The Morgan fingerprint density at radius 2 is 2.04 bits per heavy atom. The van der Waals surface area contributed by atoms with Gasteiger partial charge >= 0.3 is 0 Å². The molecule has 9 heteroatoms. The smallest absolute Gasteiger partial charge is 0.270 e. The van der Waals surface area contributed by atoms with Crippen molar-refractivity contribution in [3.8, 4) is 0 Å². The van der Waals surface area contributed by atoms with Gasteiger partial charge < -0.3 is 10.2 Å². The summed E-state index contributed by atoms with van der Waals surface area (Å²) in [6.07, 6.45) is 0.135. The van der Waals surface area contributed by atoms with E-state index in [1.807, 2.05) is 31.2 Å². The average Bonchev–Trinajstić information content (AvgIpc) is 3.24. The highest BCUT2D eigenvalue weighted by Crippen LogP contribution is 2.31. The maximum atomic E-state index is 12.6. The first-order valence-corrected chi connectivity index (χ1v) is 9.45. The van der Waals surface area contributed by atoms with Gasteiger partial charge in [0.1, 0.15) is 0 Å². The van der Waals surface area contributed by atoms with E-state index in [-0.39, 0.29) is 23.9 Å². The number of benzene rings is 2. The molecule has 0 bridgehead atoms. The van der Waals surface area contributed by atoms with Gasteiger partial charge in [0.05, 0.1) is 21.1 Å². The number of fused-ring (bicyclic) bond motifs is 1. The number of nitrogens with zero attached hydrogens (tertiary/aromatic N) is 3. The minimum atomic E-state index is -0.477. The number of amides is 2. The third-order valence-electron chi connectivity index (χ3n) is 4.65. The Morgan fingerprint density at radius 1 is 1.29 bits per heavy atom. The van der Waals surface area contributed by atoms with Crippen LogP contribution in [0.2, 0.25) is 0 Å². The minimum absolute atomic E-state index is 0.0239. The van der Waals surface area contributed by atoms with E-state index in [0.717, 1.165) is 11.3 Å². The number of non-ortho nitro benzene ring substituents is 1. The normalized spacial score (nSPS) is 16.5. The summed E-state index contributed by atoms with van der Waals surface area (Å²) < 4.78 is 0.619. The van der Waals surface area contributed by atoms with Crippen LogP contribution in [0, 0.1) is 23.0 Å². The maximum Gasteiger partial charge on any atom is 0.270 e. The van der Waals surface area contributed by atoms with Crippen LogP contribution in [0.25, 0.3) is 10.2 Å². The van der Waals surface area contributed by atoms with Gasteiger partial charge in [-0.25, -0.2) is 4.98 Å². The standard InChI is InChI=1S/C19H16N4O4S/c1-11-2-4-13(5-3-11)22-10-12(8-17(22)24)18(25)21-19-20-15-7-6-14(23(26)27)9-16(15)28-19/h2-7,9,12H,8,10H2,1H3,(H,20,21,25). The van der Waals surface area contributed by atoms with Gasteiger partial charge in [-0.2, -0.15) is 0 Å². The topological polar surface area (TPSA) is 105 Å². The van der Waals surface area contributed by atoms with E-state index in [1.54, 1.807) is 11.0 Å². The van der Waals surface area contributed by atoms with Crippen LogP contribution in [0.1, 0.15) is 12.0 Å². The monoisotopic (exact) mass is 396 g/mol. The van der Waals surface area contributed by atoms with E-state index in [4.69, 9.17) is 0 Å². The van der Waals surface area contributed by atoms with E-state index in [2.05, 4.69) is 10.3 Å². The molecule has 2 amide bonds. The van der Waals surface area contributed by atoms with Crippen LogP contribution >= 0.6 is 11.3 Å². The summed E-state index contributed by atoms with van der Waals surface area (Å²) in [5.41, 5.74) is 2.43. The van der Waals surface area contributed by atoms with Crippen molar-refractivity contribution >= 4 is 49.9 Å². The van der Waals surface area contributed by atoms with Gasteiger partial charge in [-0.05, 0) is 25.1 Å². The molecule has 8 nitrogen and oxygen atoms in total. The summed E-state index contributed by atoms with van der Waals surface area (Å²) in [6, 6.07) is 12.0. The average molecular weight is 396 g/mol. The Balaban J connectivity index is 1.48. The second kappa shape index (κ2) is 7.01. The van der Waals surface area contributed by atoms with Crippen LogP contribution in [-0.2, 0) is 9.59 Å². The van der Waals surface area contributed by atoms with E-state index in [1.165, 1.54) is 23.5 Å². The number of carbonyl (C=O) groups excluding carboxylic acids is 2. The molecule has 4 rings (SSSR count). The van der Waals surface area contributed by atoms with Crippen molar-refractivity contribution in [1.29, 1.82) is 0 Å². The zero-order chi connectivity index (χ0) is 19.8. The molecular weight excluding hydrogens is 380 g/mol. The first kappa shape index (κ1) is 18.1. The zero-order valence-electron chi connectivity index (χ0n) is 14.9. The molecule has 1 aromatic heterocycles. The lowest BCUT2D eigenvalue weighted by atomic mass is 10.1. The Bertz CT molecular complexity index is 1090. The molecule has 2 aromatic carbocycles. The number of aromatic nitrogens is 1. The fourth-order valence-corrected chi connectivity index (χ4v) is 4.05. The Morgan fingerprint density at radius 3 is 2.75 bits per heavy atom. The summed E-state index contributed by atoms with van der Waals surface area (Å²) in [5, 5.41) is 14.0.